The van der Waals surface area contributed by atoms with Gasteiger partial charge in [0.25, 0.3) is 5.91 Å². The number of carbonyl (C=O) groups excluding carboxylic acids is 2. The number of ether oxygens (including phenoxy) is 1. The van der Waals surface area contributed by atoms with Crippen molar-refractivity contribution < 1.29 is 14.3 Å². The fraction of sp³-hybridized carbons (Fsp3) is 0.148. The Kier molecular flexibility index (Phi) is 6.36. The van der Waals surface area contributed by atoms with Gasteiger partial charge in [0.05, 0.1) is 18.0 Å². The van der Waals surface area contributed by atoms with Crippen LogP contribution in [0.15, 0.2) is 78.9 Å². The number of aromatic nitrogens is 2. The van der Waals surface area contributed by atoms with E-state index in [1.54, 1.807) is 29.8 Å². The average molecular weight is 440 g/mol. The number of amides is 1. The summed E-state index contributed by atoms with van der Waals surface area (Å²) >= 11 is 0. The number of nitrogens with one attached hydrogen (secondary N) is 1. The Bertz CT molecular complexity index is 1310. The lowest BCUT2D eigenvalue weighted by Crippen LogP contribution is -2.11. The normalized spacial score (nSPS) is 10.6. The summed E-state index contributed by atoms with van der Waals surface area (Å²) in [4.78, 5) is 25.1. The maximum Gasteiger partial charge on any atom is 0.358 e. The van der Waals surface area contributed by atoms with E-state index in [-0.39, 0.29) is 18.2 Å². The molecule has 1 aromatic heterocycles. The predicted molar refractivity (Wildman–Crippen MR) is 129 cm³/mol. The van der Waals surface area contributed by atoms with Gasteiger partial charge in [-0.05, 0) is 68.8 Å². The van der Waals surface area contributed by atoms with Gasteiger partial charge in [-0.2, -0.15) is 5.10 Å². The lowest BCUT2D eigenvalue weighted by molar-refractivity contribution is 0.0519. The predicted octanol–water partition coefficient (Wildman–Crippen LogP) is 5.59. The van der Waals surface area contributed by atoms with Crippen LogP contribution in [0.3, 0.4) is 0 Å². The zero-order chi connectivity index (χ0) is 23.4. The van der Waals surface area contributed by atoms with E-state index in [2.05, 4.69) is 10.4 Å². The van der Waals surface area contributed by atoms with E-state index in [1.165, 1.54) is 0 Å². The number of anilines is 1. The number of benzene rings is 3. The molecule has 0 saturated carbocycles. The molecule has 0 spiro atoms. The summed E-state index contributed by atoms with van der Waals surface area (Å²) in [6.07, 6.45) is 0. The number of esters is 1. The van der Waals surface area contributed by atoms with Gasteiger partial charge in [0.15, 0.2) is 5.69 Å². The standard InChI is InChI=1S/C27H25N3O3/c1-4-33-27(32)24-17-25(30(29-24)23-10-5-7-19(3)15-23)21-8-6-9-22(16-21)28-26(31)20-13-11-18(2)12-14-20/h5-17H,4H2,1-3H3,(H,28,31). The van der Waals surface area contributed by atoms with Gasteiger partial charge in [-0.1, -0.05) is 42.0 Å². The summed E-state index contributed by atoms with van der Waals surface area (Å²) in [5, 5.41) is 7.46. The largest absolute Gasteiger partial charge is 0.461 e. The topological polar surface area (TPSA) is 73.2 Å². The number of rotatable bonds is 6. The molecule has 3 aromatic carbocycles. The van der Waals surface area contributed by atoms with Crippen molar-refractivity contribution in [1.82, 2.24) is 9.78 Å². The van der Waals surface area contributed by atoms with Crippen molar-refractivity contribution in [3.63, 3.8) is 0 Å². The Hall–Kier alpha value is -4.19. The molecule has 1 heterocycles. The van der Waals surface area contributed by atoms with Crippen LogP contribution in [0, 0.1) is 13.8 Å². The van der Waals surface area contributed by atoms with Gasteiger partial charge >= 0.3 is 5.97 Å². The van der Waals surface area contributed by atoms with Crippen molar-refractivity contribution in [3.8, 4) is 16.9 Å². The van der Waals surface area contributed by atoms with E-state index in [1.807, 2.05) is 74.5 Å². The average Bonchev–Trinajstić information content (AvgIpc) is 3.26. The van der Waals surface area contributed by atoms with Gasteiger partial charge < -0.3 is 10.1 Å². The summed E-state index contributed by atoms with van der Waals surface area (Å²) in [5.41, 5.74) is 5.97. The molecular formula is C27H25N3O3. The van der Waals surface area contributed by atoms with Gasteiger partial charge in [0, 0.05) is 16.8 Å². The first-order valence-corrected chi connectivity index (χ1v) is 10.8. The molecule has 166 valence electrons. The van der Waals surface area contributed by atoms with Crippen molar-refractivity contribution >= 4 is 17.6 Å². The van der Waals surface area contributed by atoms with Crippen molar-refractivity contribution in [2.75, 3.05) is 11.9 Å². The molecule has 0 aliphatic heterocycles. The number of hydrogen-bond acceptors (Lipinski definition) is 4. The first-order valence-electron chi connectivity index (χ1n) is 10.8. The minimum absolute atomic E-state index is 0.188. The second-order valence-corrected chi connectivity index (χ2v) is 7.79. The smallest absolute Gasteiger partial charge is 0.358 e. The molecule has 4 rings (SSSR count). The lowest BCUT2D eigenvalue weighted by atomic mass is 10.1. The highest BCUT2D eigenvalue weighted by atomic mass is 16.5. The first-order chi connectivity index (χ1) is 15.9. The van der Waals surface area contributed by atoms with Crippen LogP contribution < -0.4 is 5.32 Å². The molecular weight excluding hydrogens is 414 g/mol. The van der Waals surface area contributed by atoms with Crippen LogP contribution in [0.2, 0.25) is 0 Å². The minimum atomic E-state index is -0.478. The zero-order valence-electron chi connectivity index (χ0n) is 18.8. The van der Waals surface area contributed by atoms with Crippen LogP contribution >= 0.6 is 0 Å². The van der Waals surface area contributed by atoms with E-state index < -0.39 is 5.97 Å². The molecule has 0 unspecified atom stereocenters. The maximum absolute atomic E-state index is 12.7. The van der Waals surface area contributed by atoms with Crippen LogP contribution in [0.4, 0.5) is 5.69 Å². The van der Waals surface area contributed by atoms with Crippen molar-refractivity contribution in [1.29, 1.82) is 0 Å². The van der Waals surface area contributed by atoms with E-state index >= 15 is 0 Å². The van der Waals surface area contributed by atoms with Crippen molar-refractivity contribution in [2.45, 2.75) is 20.8 Å². The highest BCUT2D eigenvalue weighted by Gasteiger charge is 2.18. The molecule has 6 heteroatoms. The quantitative estimate of drug-likeness (QED) is 0.398. The van der Waals surface area contributed by atoms with Gasteiger partial charge in [-0.25, -0.2) is 9.48 Å². The molecule has 0 aliphatic rings. The monoisotopic (exact) mass is 439 g/mol. The molecule has 0 saturated heterocycles. The second kappa shape index (κ2) is 9.53. The highest BCUT2D eigenvalue weighted by Crippen LogP contribution is 2.27. The van der Waals surface area contributed by atoms with Crippen LogP contribution in [0.5, 0.6) is 0 Å². The second-order valence-electron chi connectivity index (χ2n) is 7.79. The zero-order valence-corrected chi connectivity index (χ0v) is 18.8. The molecule has 4 aromatic rings. The third-order valence-electron chi connectivity index (χ3n) is 5.17. The van der Waals surface area contributed by atoms with Gasteiger partial charge in [0.2, 0.25) is 0 Å². The third kappa shape index (κ3) is 5.01. The van der Waals surface area contributed by atoms with Crippen LogP contribution in [0.1, 0.15) is 38.9 Å². The highest BCUT2D eigenvalue weighted by molar-refractivity contribution is 6.04. The molecule has 0 aliphatic carbocycles. The van der Waals surface area contributed by atoms with Crippen molar-refractivity contribution in [3.05, 3.63) is 101 Å². The Morgan fingerprint density at radius 3 is 2.39 bits per heavy atom. The van der Waals surface area contributed by atoms with E-state index in [4.69, 9.17) is 4.74 Å². The lowest BCUT2D eigenvalue weighted by Gasteiger charge is -2.11. The minimum Gasteiger partial charge on any atom is -0.461 e. The third-order valence-corrected chi connectivity index (χ3v) is 5.17. The van der Waals surface area contributed by atoms with Gasteiger partial charge in [-0.15, -0.1) is 0 Å². The fourth-order valence-electron chi connectivity index (χ4n) is 3.51. The first kappa shape index (κ1) is 22.0. The van der Waals surface area contributed by atoms with E-state index in [0.29, 0.717) is 11.3 Å². The summed E-state index contributed by atoms with van der Waals surface area (Å²) in [7, 11) is 0. The molecule has 0 atom stereocenters. The number of aryl methyl sites for hydroxylation is 2. The Labute approximate surface area is 192 Å². The summed E-state index contributed by atoms with van der Waals surface area (Å²) in [5.74, 6) is -0.666. The number of hydrogen-bond donors (Lipinski definition) is 1. The Morgan fingerprint density at radius 2 is 1.67 bits per heavy atom. The molecule has 33 heavy (non-hydrogen) atoms. The fourth-order valence-corrected chi connectivity index (χ4v) is 3.51. The Morgan fingerprint density at radius 1 is 0.909 bits per heavy atom. The van der Waals surface area contributed by atoms with Crippen LogP contribution in [-0.4, -0.2) is 28.3 Å². The van der Waals surface area contributed by atoms with Gasteiger partial charge in [0.1, 0.15) is 0 Å². The molecule has 1 N–H and O–H groups in total. The summed E-state index contributed by atoms with van der Waals surface area (Å²) in [6.45, 7) is 6.01. The molecule has 0 bridgehead atoms. The SMILES string of the molecule is CCOC(=O)c1cc(-c2cccc(NC(=O)c3ccc(C)cc3)c2)n(-c2cccc(C)c2)n1. The summed E-state index contributed by atoms with van der Waals surface area (Å²) < 4.78 is 6.88. The van der Waals surface area contributed by atoms with Crippen LogP contribution in [-0.2, 0) is 4.74 Å². The number of nitrogens with zero attached hydrogens (tertiary/aromatic N) is 2. The van der Waals surface area contributed by atoms with Crippen molar-refractivity contribution in [2.24, 2.45) is 0 Å². The summed E-state index contributed by atoms with van der Waals surface area (Å²) in [6, 6.07) is 24.5. The molecule has 0 fully saturated rings. The molecule has 1 amide bonds. The van der Waals surface area contributed by atoms with Crippen LogP contribution in [0.25, 0.3) is 16.9 Å². The maximum atomic E-state index is 12.7. The number of carbonyl (C=O) groups is 2. The van der Waals surface area contributed by atoms with Gasteiger partial charge in [-0.3, -0.25) is 4.79 Å². The molecule has 0 radical (unpaired) electrons. The molecule has 6 nitrogen and oxygen atoms in total. The Balaban J connectivity index is 1.71. The van der Waals surface area contributed by atoms with E-state index in [0.717, 1.165) is 28.1 Å². The van der Waals surface area contributed by atoms with E-state index in [9.17, 15) is 9.59 Å².